The summed E-state index contributed by atoms with van der Waals surface area (Å²) in [4.78, 5) is 5.15. The molecule has 3 aromatic rings. The van der Waals surface area contributed by atoms with Gasteiger partial charge in [-0.05, 0) is 60.7 Å². The lowest BCUT2D eigenvalue weighted by atomic mass is 9.84. The van der Waals surface area contributed by atoms with Crippen molar-refractivity contribution in [1.82, 2.24) is 0 Å². The standard InChI is InChI=1S/C28H21N3O2S/c1-16-6-8-17(9-7-16)34(32,33)26-14-22-19(18-4-2-3-5-20(18)26)10-11-21-27-23(15-29)24(30)12-13-25(27)31-28(21)22/h2,4,6-14,26H,3,5,30H2,1H3. The molecule has 0 spiro atoms. The van der Waals surface area contributed by atoms with Crippen LogP contribution < -0.4 is 16.3 Å². The van der Waals surface area contributed by atoms with Gasteiger partial charge in [0, 0.05) is 16.3 Å². The minimum absolute atomic E-state index is 0.316. The summed E-state index contributed by atoms with van der Waals surface area (Å²) in [5, 5.41) is 10.4. The molecule has 166 valence electrons. The first kappa shape index (κ1) is 20.6. The third-order valence-corrected chi connectivity index (χ3v) is 8.91. The van der Waals surface area contributed by atoms with E-state index in [-0.39, 0.29) is 0 Å². The Morgan fingerprint density at radius 2 is 1.82 bits per heavy atom. The van der Waals surface area contributed by atoms with E-state index >= 15 is 0 Å². The van der Waals surface area contributed by atoms with Gasteiger partial charge in [-0.2, -0.15) is 5.26 Å². The van der Waals surface area contributed by atoms with Gasteiger partial charge in [0.05, 0.1) is 27.2 Å². The Morgan fingerprint density at radius 1 is 1.06 bits per heavy atom. The number of rotatable bonds is 2. The van der Waals surface area contributed by atoms with Crippen LogP contribution in [-0.4, -0.2) is 13.7 Å². The predicted octanol–water partition coefficient (Wildman–Crippen LogP) is 4.12. The second-order valence-corrected chi connectivity index (χ2v) is 11.0. The Morgan fingerprint density at radius 3 is 2.59 bits per heavy atom. The van der Waals surface area contributed by atoms with Crippen LogP contribution in [-0.2, 0) is 9.84 Å². The highest BCUT2D eigenvalue weighted by Crippen LogP contribution is 2.40. The van der Waals surface area contributed by atoms with E-state index in [9.17, 15) is 13.7 Å². The molecule has 6 rings (SSSR count). The number of hydrogen-bond donors (Lipinski definition) is 1. The van der Waals surface area contributed by atoms with Gasteiger partial charge < -0.3 is 5.73 Å². The molecule has 6 heteroatoms. The van der Waals surface area contributed by atoms with Crippen LogP contribution in [0.4, 0.5) is 11.4 Å². The monoisotopic (exact) mass is 463 g/mol. The minimum Gasteiger partial charge on any atom is -0.398 e. The number of nitriles is 1. The van der Waals surface area contributed by atoms with E-state index in [1.165, 1.54) is 0 Å². The predicted molar refractivity (Wildman–Crippen MR) is 133 cm³/mol. The molecule has 0 aromatic heterocycles. The molecule has 34 heavy (non-hydrogen) atoms. The van der Waals surface area contributed by atoms with Gasteiger partial charge >= 0.3 is 0 Å². The van der Waals surface area contributed by atoms with Crippen molar-refractivity contribution in [2.45, 2.75) is 29.9 Å². The molecule has 1 unspecified atom stereocenters. The minimum atomic E-state index is -3.66. The molecule has 0 radical (unpaired) electrons. The number of allylic oxidation sites excluding steroid dienone is 3. The van der Waals surface area contributed by atoms with Crippen molar-refractivity contribution in [3.8, 4) is 17.2 Å². The quantitative estimate of drug-likeness (QED) is 0.452. The fourth-order valence-electron chi connectivity index (χ4n) is 5.19. The number of sulfone groups is 1. The number of fused-ring (bicyclic) bond motifs is 6. The zero-order valence-electron chi connectivity index (χ0n) is 18.5. The summed E-state index contributed by atoms with van der Waals surface area (Å²) in [6, 6.07) is 16.7. The summed E-state index contributed by atoms with van der Waals surface area (Å²) >= 11 is 0. The van der Waals surface area contributed by atoms with Gasteiger partial charge in [-0.3, -0.25) is 0 Å². The van der Waals surface area contributed by atoms with E-state index in [1.54, 1.807) is 18.2 Å². The summed E-state index contributed by atoms with van der Waals surface area (Å²) in [6.45, 7) is 1.94. The van der Waals surface area contributed by atoms with Crippen LogP contribution in [0, 0.1) is 18.3 Å². The number of nitrogen functional groups attached to an aromatic ring is 1. The van der Waals surface area contributed by atoms with Crippen LogP contribution in [0.2, 0.25) is 0 Å². The largest absolute Gasteiger partial charge is 0.398 e. The number of hydrogen-bond acceptors (Lipinski definition) is 5. The molecule has 3 aromatic carbocycles. The van der Waals surface area contributed by atoms with Crippen molar-refractivity contribution in [2.24, 2.45) is 4.99 Å². The normalized spacial score (nSPS) is 17.6. The van der Waals surface area contributed by atoms with E-state index < -0.39 is 15.1 Å². The summed E-state index contributed by atoms with van der Waals surface area (Å²) in [5.74, 6) is 0. The molecule has 2 aliphatic carbocycles. The maximum Gasteiger partial charge on any atom is 0.188 e. The highest BCUT2D eigenvalue weighted by molar-refractivity contribution is 7.92. The van der Waals surface area contributed by atoms with Crippen LogP contribution in [0.3, 0.4) is 0 Å². The SMILES string of the molecule is Cc1ccc(S(=O)(=O)C2C=c3c(ccc4c3=Nc3ccc(N)c(C#N)c3-4)C3=C2CCC=C3)cc1. The average Bonchev–Trinajstić information content (AvgIpc) is 3.23. The number of nitrogens with two attached hydrogens (primary N) is 1. The third-order valence-electron chi connectivity index (χ3n) is 6.89. The fourth-order valence-corrected chi connectivity index (χ4v) is 6.93. The van der Waals surface area contributed by atoms with Gasteiger partial charge in [0.1, 0.15) is 11.3 Å². The van der Waals surface area contributed by atoms with Crippen molar-refractivity contribution < 1.29 is 8.42 Å². The van der Waals surface area contributed by atoms with Crippen molar-refractivity contribution in [3.05, 3.63) is 93.5 Å². The summed E-state index contributed by atoms with van der Waals surface area (Å²) in [7, 11) is -3.66. The van der Waals surface area contributed by atoms with E-state index in [2.05, 4.69) is 12.1 Å². The Hall–Kier alpha value is -3.95. The number of aryl methyl sites for hydroxylation is 1. The molecule has 1 aliphatic heterocycles. The lowest BCUT2D eigenvalue weighted by Crippen LogP contribution is -2.37. The van der Waals surface area contributed by atoms with Gasteiger partial charge in [0.25, 0.3) is 0 Å². The first-order valence-electron chi connectivity index (χ1n) is 11.2. The maximum atomic E-state index is 13.8. The topological polar surface area (TPSA) is 96.3 Å². The van der Waals surface area contributed by atoms with E-state index in [4.69, 9.17) is 10.7 Å². The Balaban J connectivity index is 1.65. The van der Waals surface area contributed by atoms with Gasteiger partial charge in [-0.1, -0.05) is 48.1 Å². The zero-order valence-corrected chi connectivity index (χ0v) is 19.4. The molecule has 1 atom stereocenters. The van der Waals surface area contributed by atoms with Crippen molar-refractivity contribution in [2.75, 3.05) is 5.73 Å². The molecular formula is C28H21N3O2S. The van der Waals surface area contributed by atoms with E-state index in [0.29, 0.717) is 39.2 Å². The van der Waals surface area contributed by atoms with Crippen LogP contribution in [0.1, 0.15) is 29.5 Å². The van der Waals surface area contributed by atoms with Gasteiger partial charge in [-0.15, -0.1) is 0 Å². The number of benzene rings is 3. The molecule has 1 heterocycles. The summed E-state index contributed by atoms with van der Waals surface area (Å²) in [5.41, 5.74) is 13.0. The second kappa shape index (κ2) is 7.28. The van der Waals surface area contributed by atoms with Gasteiger partial charge in [0.15, 0.2) is 9.84 Å². The highest BCUT2D eigenvalue weighted by Gasteiger charge is 2.35. The molecule has 0 fully saturated rings. The first-order chi connectivity index (χ1) is 16.4. The summed E-state index contributed by atoms with van der Waals surface area (Å²) in [6.07, 6.45) is 7.49. The number of nitrogens with zero attached hydrogens (tertiary/aromatic N) is 2. The van der Waals surface area contributed by atoms with Crippen LogP contribution in [0.15, 0.2) is 76.1 Å². The number of anilines is 1. The fraction of sp³-hybridized carbons (Fsp3) is 0.143. The third kappa shape index (κ3) is 2.84. The van der Waals surface area contributed by atoms with E-state index in [0.717, 1.165) is 39.5 Å². The lowest BCUT2D eigenvalue weighted by molar-refractivity contribution is 0.593. The molecule has 0 bridgehead atoms. The van der Waals surface area contributed by atoms with Gasteiger partial charge in [0.2, 0.25) is 0 Å². The smallest absolute Gasteiger partial charge is 0.188 e. The van der Waals surface area contributed by atoms with Crippen LogP contribution >= 0.6 is 0 Å². The summed E-state index contributed by atoms with van der Waals surface area (Å²) < 4.78 is 27.7. The highest BCUT2D eigenvalue weighted by atomic mass is 32.2. The Labute approximate surface area is 197 Å². The molecule has 0 saturated carbocycles. The molecule has 0 saturated heterocycles. The zero-order chi connectivity index (χ0) is 23.6. The van der Waals surface area contributed by atoms with Crippen molar-refractivity contribution >= 4 is 32.9 Å². The molecular weight excluding hydrogens is 442 g/mol. The van der Waals surface area contributed by atoms with Crippen molar-refractivity contribution in [3.63, 3.8) is 0 Å². The molecule has 5 nitrogen and oxygen atoms in total. The van der Waals surface area contributed by atoms with Crippen LogP contribution in [0.25, 0.3) is 22.8 Å². The lowest BCUT2D eigenvalue weighted by Gasteiger charge is -2.27. The van der Waals surface area contributed by atoms with E-state index in [1.807, 2.05) is 49.4 Å². The first-order valence-corrected chi connectivity index (χ1v) is 12.7. The molecule has 2 N–H and O–H groups in total. The average molecular weight is 464 g/mol. The maximum absolute atomic E-state index is 13.8. The van der Waals surface area contributed by atoms with Gasteiger partial charge in [-0.25, -0.2) is 13.4 Å². The second-order valence-electron chi connectivity index (χ2n) is 8.90. The van der Waals surface area contributed by atoms with Crippen LogP contribution in [0.5, 0.6) is 0 Å². The Bertz CT molecular complexity index is 1740. The molecule has 3 aliphatic rings. The van der Waals surface area contributed by atoms with Crippen molar-refractivity contribution in [1.29, 1.82) is 5.26 Å². The molecule has 0 amide bonds. The Kier molecular flexibility index (Phi) is 4.42.